The van der Waals surface area contributed by atoms with E-state index in [0.29, 0.717) is 0 Å². The van der Waals surface area contributed by atoms with Crippen molar-refractivity contribution in [2.75, 3.05) is 31.5 Å². The molecule has 100 valence electrons. The van der Waals surface area contributed by atoms with Crippen molar-refractivity contribution in [3.63, 3.8) is 0 Å². The third kappa shape index (κ3) is 3.89. The molecular weight excluding hydrogens is 244 g/mol. The largest absolute Gasteiger partial charge is 0.385 e. The maximum absolute atomic E-state index is 6.18. The van der Waals surface area contributed by atoms with Crippen LogP contribution in [0, 0.1) is 0 Å². The van der Waals surface area contributed by atoms with Gasteiger partial charge in [0.1, 0.15) is 0 Å². The van der Waals surface area contributed by atoms with Gasteiger partial charge in [-0.3, -0.25) is 0 Å². The quantitative estimate of drug-likeness (QED) is 0.621. The highest BCUT2D eigenvalue weighted by atomic mass is 35.5. The summed E-state index contributed by atoms with van der Waals surface area (Å²) in [6.07, 6.45) is 3.95. The Bertz CT molecular complexity index is 359. The summed E-state index contributed by atoms with van der Waals surface area (Å²) in [6, 6.07) is 8.32. The third-order valence-corrected chi connectivity index (χ3v) is 3.79. The average Bonchev–Trinajstić information content (AvgIpc) is 2.88. The fourth-order valence-corrected chi connectivity index (χ4v) is 2.73. The van der Waals surface area contributed by atoms with Crippen molar-refractivity contribution in [3.8, 4) is 0 Å². The molecule has 1 unspecified atom stereocenters. The molecule has 0 spiro atoms. The van der Waals surface area contributed by atoms with Gasteiger partial charge in [-0.15, -0.1) is 11.6 Å². The number of halogens is 1. The van der Waals surface area contributed by atoms with E-state index in [-0.39, 0.29) is 5.38 Å². The molecule has 0 saturated carbocycles. The first-order valence-corrected chi connectivity index (χ1v) is 7.40. The lowest BCUT2D eigenvalue weighted by Gasteiger charge is -2.16. The van der Waals surface area contributed by atoms with Gasteiger partial charge < -0.3 is 10.2 Å². The summed E-state index contributed by atoms with van der Waals surface area (Å²) >= 11 is 6.18. The molecule has 2 rings (SSSR count). The molecule has 1 fully saturated rings. The first-order valence-electron chi connectivity index (χ1n) is 6.96. The van der Waals surface area contributed by atoms with Gasteiger partial charge in [-0.25, -0.2) is 0 Å². The maximum Gasteiger partial charge on any atom is 0.0577 e. The number of hydrogen-bond donors (Lipinski definition) is 1. The van der Waals surface area contributed by atoms with E-state index in [1.807, 2.05) is 13.0 Å². The normalized spacial score (nSPS) is 17.9. The molecule has 2 nitrogen and oxygen atoms in total. The van der Waals surface area contributed by atoms with Crippen LogP contribution < -0.4 is 5.32 Å². The summed E-state index contributed by atoms with van der Waals surface area (Å²) in [5.74, 6) is 0. The second kappa shape index (κ2) is 7.01. The first-order chi connectivity index (χ1) is 8.77. The predicted octanol–water partition coefficient (Wildman–Crippen LogP) is 3.88. The maximum atomic E-state index is 6.18. The minimum absolute atomic E-state index is 0.0623. The van der Waals surface area contributed by atoms with Crippen molar-refractivity contribution in [1.82, 2.24) is 4.90 Å². The van der Waals surface area contributed by atoms with Crippen molar-refractivity contribution in [3.05, 3.63) is 29.8 Å². The highest BCUT2D eigenvalue weighted by Gasteiger charge is 2.10. The van der Waals surface area contributed by atoms with E-state index in [2.05, 4.69) is 28.4 Å². The number of para-hydroxylation sites is 1. The van der Waals surface area contributed by atoms with Crippen LogP contribution >= 0.6 is 11.6 Å². The Labute approximate surface area is 115 Å². The molecule has 0 aromatic heterocycles. The molecule has 1 atom stereocenters. The molecule has 18 heavy (non-hydrogen) atoms. The second-order valence-electron chi connectivity index (χ2n) is 5.03. The Morgan fingerprint density at radius 1 is 1.28 bits per heavy atom. The number of hydrogen-bond acceptors (Lipinski definition) is 2. The highest BCUT2D eigenvalue weighted by molar-refractivity contribution is 6.21. The van der Waals surface area contributed by atoms with Crippen LogP contribution in [0.15, 0.2) is 24.3 Å². The predicted molar refractivity (Wildman–Crippen MR) is 79.5 cm³/mol. The highest BCUT2D eigenvalue weighted by Crippen LogP contribution is 2.26. The molecule has 0 bridgehead atoms. The summed E-state index contributed by atoms with van der Waals surface area (Å²) in [6.45, 7) is 6.83. The van der Waals surface area contributed by atoms with Crippen LogP contribution in [0.25, 0.3) is 0 Å². The zero-order chi connectivity index (χ0) is 12.8. The van der Waals surface area contributed by atoms with Crippen molar-refractivity contribution in [2.45, 2.75) is 31.6 Å². The van der Waals surface area contributed by atoms with Crippen molar-refractivity contribution in [2.24, 2.45) is 0 Å². The molecule has 1 heterocycles. The molecule has 0 amide bonds. The Hall–Kier alpha value is -0.730. The molecule has 0 radical (unpaired) electrons. The van der Waals surface area contributed by atoms with E-state index < -0.39 is 0 Å². The van der Waals surface area contributed by atoms with E-state index in [4.69, 9.17) is 11.6 Å². The van der Waals surface area contributed by atoms with Gasteiger partial charge >= 0.3 is 0 Å². The minimum Gasteiger partial charge on any atom is -0.385 e. The Morgan fingerprint density at radius 3 is 2.72 bits per heavy atom. The number of likely N-dealkylation sites (tertiary alicyclic amines) is 1. The zero-order valence-electron chi connectivity index (χ0n) is 11.2. The molecule has 1 aliphatic rings. The van der Waals surface area contributed by atoms with Gasteiger partial charge in [0.15, 0.2) is 0 Å². The van der Waals surface area contributed by atoms with Gasteiger partial charge in [0.05, 0.1) is 5.38 Å². The number of rotatable bonds is 6. The first kappa shape index (κ1) is 13.7. The number of alkyl halides is 1. The standard InChI is InChI=1S/C15H23ClN2/c1-13(16)14-7-2-3-8-15(14)17-9-6-12-18-10-4-5-11-18/h2-3,7-8,13,17H,4-6,9-12H2,1H3. The van der Waals surface area contributed by atoms with Gasteiger partial charge in [0, 0.05) is 12.2 Å². The van der Waals surface area contributed by atoms with Crippen LogP contribution in [0.1, 0.15) is 37.1 Å². The van der Waals surface area contributed by atoms with E-state index in [1.54, 1.807) is 0 Å². The van der Waals surface area contributed by atoms with Crippen LogP contribution in [0.3, 0.4) is 0 Å². The Kier molecular flexibility index (Phi) is 5.33. The summed E-state index contributed by atoms with van der Waals surface area (Å²) in [7, 11) is 0. The van der Waals surface area contributed by atoms with Crippen LogP contribution in [-0.4, -0.2) is 31.1 Å². The monoisotopic (exact) mass is 266 g/mol. The molecule has 1 aromatic carbocycles. The summed E-state index contributed by atoms with van der Waals surface area (Å²) in [5.41, 5.74) is 2.38. The van der Waals surface area contributed by atoms with E-state index in [1.165, 1.54) is 50.1 Å². The molecule has 3 heteroatoms. The topological polar surface area (TPSA) is 15.3 Å². The molecular formula is C15H23ClN2. The SMILES string of the molecule is CC(Cl)c1ccccc1NCCCN1CCCC1. The van der Waals surface area contributed by atoms with Gasteiger partial charge in [0.25, 0.3) is 0 Å². The van der Waals surface area contributed by atoms with Crippen molar-refractivity contribution >= 4 is 17.3 Å². The smallest absolute Gasteiger partial charge is 0.0577 e. The Morgan fingerprint density at radius 2 is 2.00 bits per heavy atom. The molecule has 1 N–H and O–H groups in total. The van der Waals surface area contributed by atoms with Crippen molar-refractivity contribution in [1.29, 1.82) is 0 Å². The number of benzene rings is 1. The Balaban J connectivity index is 1.75. The van der Waals surface area contributed by atoms with Gasteiger partial charge in [-0.1, -0.05) is 18.2 Å². The number of anilines is 1. The van der Waals surface area contributed by atoms with Gasteiger partial charge in [-0.2, -0.15) is 0 Å². The van der Waals surface area contributed by atoms with E-state index >= 15 is 0 Å². The van der Waals surface area contributed by atoms with E-state index in [0.717, 1.165) is 6.54 Å². The fourth-order valence-electron chi connectivity index (χ4n) is 2.54. The minimum atomic E-state index is 0.0623. The average molecular weight is 267 g/mol. The molecule has 1 aliphatic heterocycles. The van der Waals surface area contributed by atoms with Crippen molar-refractivity contribution < 1.29 is 0 Å². The zero-order valence-corrected chi connectivity index (χ0v) is 11.9. The van der Waals surface area contributed by atoms with Crippen LogP contribution in [0.4, 0.5) is 5.69 Å². The lowest BCUT2D eigenvalue weighted by Crippen LogP contribution is -2.22. The summed E-state index contributed by atoms with van der Waals surface area (Å²) in [5, 5.41) is 3.57. The summed E-state index contributed by atoms with van der Waals surface area (Å²) in [4.78, 5) is 2.55. The van der Waals surface area contributed by atoms with Crippen LogP contribution in [0.2, 0.25) is 0 Å². The van der Waals surface area contributed by atoms with Crippen LogP contribution in [-0.2, 0) is 0 Å². The fraction of sp³-hybridized carbons (Fsp3) is 0.600. The third-order valence-electron chi connectivity index (χ3n) is 3.55. The van der Waals surface area contributed by atoms with E-state index in [9.17, 15) is 0 Å². The second-order valence-corrected chi connectivity index (χ2v) is 5.69. The van der Waals surface area contributed by atoms with Gasteiger partial charge in [-0.05, 0) is 57.5 Å². The van der Waals surface area contributed by atoms with Gasteiger partial charge in [0.2, 0.25) is 0 Å². The molecule has 0 aliphatic carbocycles. The van der Waals surface area contributed by atoms with Crippen LogP contribution in [0.5, 0.6) is 0 Å². The number of nitrogens with one attached hydrogen (secondary N) is 1. The molecule has 1 aromatic rings. The molecule has 1 saturated heterocycles. The number of nitrogens with zero attached hydrogens (tertiary/aromatic N) is 1. The lowest BCUT2D eigenvalue weighted by atomic mass is 10.1. The summed E-state index contributed by atoms with van der Waals surface area (Å²) < 4.78 is 0. The lowest BCUT2D eigenvalue weighted by molar-refractivity contribution is 0.337.